The number of hydrogen-bond donors (Lipinski definition) is 3. The maximum atomic E-state index is 11.5. The number of amides is 1. The van der Waals surface area contributed by atoms with E-state index in [-0.39, 0.29) is 17.8 Å². The number of thiophene rings is 1. The molecule has 0 spiro atoms. The van der Waals surface area contributed by atoms with Gasteiger partial charge < -0.3 is 11.1 Å². The van der Waals surface area contributed by atoms with Crippen LogP contribution >= 0.6 is 11.3 Å². The molecule has 4 N–H and O–H groups in total. The molecule has 2 heterocycles. The fourth-order valence-electron chi connectivity index (χ4n) is 2.07. The maximum absolute atomic E-state index is 11.5. The number of benzene rings is 1. The number of anilines is 1. The monoisotopic (exact) mass is 344 g/mol. The fourth-order valence-corrected chi connectivity index (χ4v) is 2.73. The van der Waals surface area contributed by atoms with Crippen LogP contribution in [-0.4, -0.2) is 26.0 Å². The van der Waals surface area contributed by atoms with Crippen LogP contribution in [0.15, 0.2) is 35.7 Å². The minimum Gasteiger partial charge on any atom is -0.377 e. The van der Waals surface area contributed by atoms with Crippen LogP contribution in [0.25, 0.3) is 10.7 Å². The van der Waals surface area contributed by atoms with E-state index in [0.717, 1.165) is 10.9 Å². The molecule has 3 aromatic rings. The van der Waals surface area contributed by atoms with Crippen LogP contribution in [-0.2, 0) is 6.54 Å². The van der Waals surface area contributed by atoms with Gasteiger partial charge in [-0.2, -0.15) is 5.10 Å². The Kier molecular flexibility index (Phi) is 4.20. The second-order valence-corrected chi connectivity index (χ2v) is 5.74. The molecule has 10 heteroatoms. The zero-order valence-electron chi connectivity index (χ0n) is 12.2. The molecular formula is C14H12N6O3S. The number of rotatable bonds is 6. The van der Waals surface area contributed by atoms with E-state index in [1.807, 2.05) is 17.5 Å². The van der Waals surface area contributed by atoms with Gasteiger partial charge in [-0.3, -0.25) is 20.0 Å². The maximum Gasteiger partial charge on any atom is 0.270 e. The number of aromatic nitrogens is 3. The number of non-ortho nitro benzene ring substituents is 1. The Morgan fingerprint density at radius 2 is 2.25 bits per heavy atom. The standard InChI is InChI=1S/C14H12N6O3S/c15-13(21)9-6-8(20(22)23)3-4-10(9)16-7-12-17-14(19-18-12)11-2-1-5-24-11/h1-6,16H,7H2,(H2,15,21)(H,17,18,19). The molecule has 122 valence electrons. The molecule has 0 fully saturated rings. The first-order chi connectivity index (χ1) is 11.5. The summed E-state index contributed by atoms with van der Waals surface area (Å²) in [6, 6.07) is 7.69. The highest BCUT2D eigenvalue weighted by molar-refractivity contribution is 7.13. The molecule has 0 aliphatic heterocycles. The van der Waals surface area contributed by atoms with Crippen molar-refractivity contribution >= 4 is 28.6 Å². The van der Waals surface area contributed by atoms with Crippen molar-refractivity contribution in [1.29, 1.82) is 0 Å². The first-order valence-corrected chi connectivity index (χ1v) is 7.70. The lowest BCUT2D eigenvalue weighted by Crippen LogP contribution is -2.15. The molecule has 1 aromatic carbocycles. The quantitative estimate of drug-likeness (QED) is 0.462. The van der Waals surface area contributed by atoms with Crippen molar-refractivity contribution in [3.8, 4) is 10.7 Å². The molecular weight excluding hydrogens is 332 g/mol. The van der Waals surface area contributed by atoms with E-state index in [9.17, 15) is 14.9 Å². The summed E-state index contributed by atoms with van der Waals surface area (Å²) in [5.41, 5.74) is 5.52. The SMILES string of the molecule is NC(=O)c1cc([N+](=O)[O-])ccc1NCc1nc(-c2cccs2)n[nH]1. The molecule has 0 saturated heterocycles. The number of nitrogens with one attached hydrogen (secondary N) is 2. The molecule has 0 radical (unpaired) electrons. The van der Waals surface area contributed by atoms with Crippen molar-refractivity contribution in [2.45, 2.75) is 6.54 Å². The van der Waals surface area contributed by atoms with Gasteiger partial charge in [-0.25, -0.2) is 4.98 Å². The van der Waals surface area contributed by atoms with Crippen LogP contribution in [0.3, 0.4) is 0 Å². The van der Waals surface area contributed by atoms with E-state index in [1.165, 1.54) is 23.5 Å². The lowest BCUT2D eigenvalue weighted by Gasteiger charge is -2.08. The van der Waals surface area contributed by atoms with Crippen molar-refractivity contribution in [1.82, 2.24) is 15.2 Å². The van der Waals surface area contributed by atoms with Crippen molar-refractivity contribution in [2.75, 3.05) is 5.32 Å². The molecule has 1 amide bonds. The van der Waals surface area contributed by atoms with Gasteiger partial charge >= 0.3 is 0 Å². The number of carbonyl (C=O) groups excluding carboxylic acids is 1. The van der Waals surface area contributed by atoms with E-state index in [1.54, 1.807) is 0 Å². The van der Waals surface area contributed by atoms with Gasteiger partial charge in [0.15, 0.2) is 5.82 Å². The second-order valence-electron chi connectivity index (χ2n) is 4.79. The number of aromatic amines is 1. The minimum absolute atomic E-state index is 0.0437. The van der Waals surface area contributed by atoms with Gasteiger partial charge in [-0.05, 0) is 17.5 Å². The molecule has 0 aliphatic rings. The number of hydrogen-bond acceptors (Lipinski definition) is 7. The fraction of sp³-hybridized carbons (Fsp3) is 0.0714. The third-order valence-corrected chi connectivity index (χ3v) is 4.06. The van der Waals surface area contributed by atoms with Gasteiger partial charge in [0.1, 0.15) is 5.82 Å². The summed E-state index contributed by atoms with van der Waals surface area (Å²) in [5, 5.41) is 22.6. The van der Waals surface area contributed by atoms with Crippen molar-refractivity contribution in [2.24, 2.45) is 5.73 Å². The molecule has 9 nitrogen and oxygen atoms in total. The summed E-state index contributed by atoms with van der Waals surface area (Å²) < 4.78 is 0. The summed E-state index contributed by atoms with van der Waals surface area (Å²) in [6.07, 6.45) is 0. The third kappa shape index (κ3) is 3.22. The van der Waals surface area contributed by atoms with Gasteiger partial charge in [-0.1, -0.05) is 6.07 Å². The van der Waals surface area contributed by atoms with Crippen LogP contribution in [0.1, 0.15) is 16.2 Å². The number of H-pyrrole nitrogens is 1. The molecule has 3 rings (SSSR count). The average molecular weight is 344 g/mol. The Morgan fingerprint density at radius 3 is 2.92 bits per heavy atom. The summed E-state index contributed by atoms with van der Waals surface area (Å²) in [5.74, 6) is 0.394. The second kappa shape index (κ2) is 6.46. The van der Waals surface area contributed by atoms with Crippen LogP contribution in [0.2, 0.25) is 0 Å². The molecule has 0 unspecified atom stereocenters. The van der Waals surface area contributed by atoms with Gasteiger partial charge in [-0.15, -0.1) is 11.3 Å². The summed E-state index contributed by atoms with van der Waals surface area (Å²) in [6.45, 7) is 0.260. The Hall–Kier alpha value is -3.27. The number of nitrogens with zero attached hydrogens (tertiary/aromatic N) is 3. The number of nitro benzene ring substituents is 1. The predicted molar refractivity (Wildman–Crippen MR) is 88.6 cm³/mol. The minimum atomic E-state index is -0.752. The van der Waals surface area contributed by atoms with Crippen molar-refractivity contribution in [3.63, 3.8) is 0 Å². The highest BCUT2D eigenvalue weighted by atomic mass is 32.1. The zero-order chi connectivity index (χ0) is 17.1. The first-order valence-electron chi connectivity index (χ1n) is 6.82. The normalized spacial score (nSPS) is 10.5. The van der Waals surface area contributed by atoms with Crippen molar-refractivity contribution in [3.05, 3.63) is 57.2 Å². The summed E-state index contributed by atoms with van der Waals surface area (Å²) in [4.78, 5) is 27.0. The van der Waals surface area contributed by atoms with E-state index >= 15 is 0 Å². The average Bonchev–Trinajstić information content (AvgIpc) is 3.23. The Labute approximate surface area is 139 Å². The molecule has 0 atom stereocenters. The molecule has 0 aliphatic carbocycles. The van der Waals surface area contributed by atoms with Gasteiger partial charge in [0.2, 0.25) is 0 Å². The van der Waals surface area contributed by atoms with Crippen LogP contribution in [0.5, 0.6) is 0 Å². The van der Waals surface area contributed by atoms with E-state index < -0.39 is 10.8 Å². The highest BCUT2D eigenvalue weighted by Gasteiger charge is 2.15. The van der Waals surface area contributed by atoms with E-state index in [2.05, 4.69) is 20.5 Å². The van der Waals surface area contributed by atoms with Crippen molar-refractivity contribution < 1.29 is 9.72 Å². The van der Waals surface area contributed by atoms with Crippen LogP contribution in [0.4, 0.5) is 11.4 Å². The van der Waals surface area contributed by atoms with Crippen LogP contribution in [0, 0.1) is 10.1 Å². The Balaban J connectivity index is 1.77. The predicted octanol–water partition coefficient (Wildman–Crippen LogP) is 2.15. The molecule has 24 heavy (non-hydrogen) atoms. The smallest absolute Gasteiger partial charge is 0.270 e. The highest BCUT2D eigenvalue weighted by Crippen LogP contribution is 2.23. The lowest BCUT2D eigenvalue weighted by molar-refractivity contribution is -0.384. The molecule has 0 saturated carbocycles. The van der Waals surface area contributed by atoms with Crippen LogP contribution < -0.4 is 11.1 Å². The first kappa shape index (κ1) is 15.6. The molecule has 2 aromatic heterocycles. The largest absolute Gasteiger partial charge is 0.377 e. The number of carbonyl (C=O) groups is 1. The third-order valence-electron chi connectivity index (χ3n) is 3.20. The lowest BCUT2D eigenvalue weighted by atomic mass is 10.1. The van der Waals surface area contributed by atoms with Gasteiger partial charge in [0, 0.05) is 17.8 Å². The summed E-state index contributed by atoms with van der Waals surface area (Å²) in [7, 11) is 0. The number of nitro groups is 1. The van der Waals surface area contributed by atoms with Gasteiger partial charge in [0.25, 0.3) is 11.6 Å². The summed E-state index contributed by atoms with van der Waals surface area (Å²) >= 11 is 1.52. The zero-order valence-corrected chi connectivity index (χ0v) is 13.0. The molecule has 0 bridgehead atoms. The number of primary amides is 1. The number of nitrogens with two attached hydrogens (primary N) is 1. The van der Waals surface area contributed by atoms with E-state index in [4.69, 9.17) is 5.73 Å². The van der Waals surface area contributed by atoms with Gasteiger partial charge in [0.05, 0.1) is 21.9 Å². The van der Waals surface area contributed by atoms with E-state index in [0.29, 0.717) is 17.3 Å². The Morgan fingerprint density at radius 1 is 1.42 bits per heavy atom. The Bertz CT molecular complexity index is 890. The topological polar surface area (TPSA) is 140 Å².